The molecule has 1 fully saturated rings. The minimum atomic E-state index is -0.333. The molecule has 0 saturated carbocycles. The van der Waals surface area contributed by atoms with Crippen molar-refractivity contribution in [3.05, 3.63) is 23.9 Å². The van der Waals surface area contributed by atoms with Crippen molar-refractivity contribution in [3.8, 4) is 6.07 Å². The number of fused-ring (bicyclic) bond motifs is 1. The summed E-state index contributed by atoms with van der Waals surface area (Å²) in [6.07, 6.45) is 3.29. The number of nitrogens with one attached hydrogen (secondary N) is 1. The number of carbonyl (C=O) groups is 1. The molecule has 0 aliphatic carbocycles. The molecule has 0 spiro atoms. The number of esters is 1. The second-order valence-electron chi connectivity index (χ2n) is 4.73. The highest BCUT2D eigenvalue weighted by molar-refractivity contribution is 5.90. The lowest BCUT2D eigenvalue weighted by Gasteiger charge is -2.23. The zero-order valence-electron chi connectivity index (χ0n) is 11.1. The van der Waals surface area contributed by atoms with Gasteiger partial charge in [-0.2, -0.15) is 5.26 Å². The molecule has 3 heterocycles. The van der Waals surface area contributed by atoms with Crippen molar-refractivity contribution in [2.24, 2.45) is 0 Å². The summed E-state index contributed by atoms with van der Waals surface area (Å²) in [4.78, 5) is 21.2. The number of H-pyrrole nitrogens is 1. The van der Waals surface area contributed by atoms with Crippen molar-refractivity contribution >= 4 is 22.8 Å². The van der Waals surface area contributed by atoms with Gasteiger partial charge in [0.05, 0.1) is 12.6 Å². The lowest BCUT2D eigenvalue weighted by molar-refractivity contribution is -0.141. The molecule has 0 unspecified atom stereocenters. The number of pyridine rings is 1. The average molecular weight is 270 g/mol. The number of anilines is 1. The van der Waals surface area contributed by atoms with Gasteiger partial charge in [-0.25, -0.2) is 4.79 Å². The molecular weight excluding hydrogens is 256 g/mol. The Labute approximate surface area is 116 Å². The van der Waals surface area contributed by atoms with Crippen molar-refractivity contribution < 1.29 is 9.53 Å². The molecule has 1 aliphatic rings. The van der Waals surface area contributed by atoms with Gasteiger partial charge >= 0.3 is 5.97 Å². The Bertz CT molecular complexity index is 701. The predicted octanol–water partition coefficient (Wildman–Crippen LogP) is 1.58. The summed E-state index contributed by atoms with van der Waals surface area (Å²) in [5.74, 6) is 0.395. The summed E-state index contributed by atoms with van der Waals surface area (Å²) in [7, 11) is 1.39. The quantitative estimate of drug-likeness (QED) is 0.838. The van der Waals surface area contributed by atoms with Crippen LogP contribution in [-0.2, 0) is 9.53 Å². The van der Waals surface area contributed by atoms with Crippen LogP contribution in [0.15, 0.2) is 18.3 Å². The van der Waals surface area contributed by atoms with Gasteiger partial charge in [-0.15, -0.1) is 0 Å². The molecule has 1 atom stereocenters. The molecule has 2 aromatic heterocycles. The highest BCUT2D eigenvalue weighted by atomic mass is 16.5. The van der Waals surface area contributed by atoms with E-state index in [0.29, 0.717) is 16.9 Å². The van der Waals surface area contributed by atoms with Gasteiger partial charge in [-0.05, 0) is 25.0 Å². The Morgan fingerprint density at radius 1 is 1.65 bits per heavy atom. The maximum atomic E-state index is 11.8. The molecule has 20 heavy (non-hydrogen) atoms. The van der Waals surface area contributed by atoms with Crippen LogP contribution >= 0.6 is 0 Å². The Morgan fingerprint density at radius 2 is 2.50 bits per heavy atom. The molecule has 0 bridgehead atoms. The fraction of sp³-hybridized carbons (Fsp3) is 0.357. The molecule has 102 valence electrons. The van der Waals surface area contributed by atoms with E-state index in [4.69, 9.17) is 4.74 Å². The van der Waals surface area contributed by atoms with Crippen LogP contribution in [0.3, 0.4) is 0 Å². The number of ether oxygens (including phenoxy) is 1. The van der Waals surface area contributed by atoms with E-state index in [2.05, 4.69) is 16.0 Å². The summed E-state index contributed by atoms with van der Waals surface area (Å²) < 4.78 is 4.84. The van der Waals surface area contributed by atoms with E-state index in [1.54, 1.807) is 6.20 Å². The molecule has 6 heteroatoms. The highest BCUT2D eigenvalue weighted by Gasteiger charge is 2.34. The van der Waals surface area contributed by atoms with Gasteiger partial charge in [0, 0.05) is 12.7 Å². The van der Waals surface area contributed by atoms with E-state index < -0.39 is 0 Å². The first kappa shape index (κ1) is 12.5. The smallest absolute Gasteiger partial charge is 0.328 e. The van der Waals surface area contributed by atoms with Crippen LogP contribution in [0.2, 0.25) is 0 Å². The molecule has 1 N–H and O–H groups in total. The van der Waals surface area contributed by atoms with Crippen molar-refractivity contribution in [1.82, 2.24) is 9.97 Å². The first-order valence-corrected chi connectivity index (χ1v) is 6.47. The van der Waals surface area contributed by atoms with Crippen molar-refractivity contribution in [1.29, 1.82) is 5.26 Å². The minimum Gasteiger partial charge on any atom is -0.467 e. The van der Waals surface area contributed by atoms with E-state index in [1.807, 2.05) is 17.0 Å². The van der Waals surface area contributed by atoms with Crippen LogP contribution in [0.5, 0.6) is 0 Å². The minimum absolute atomic E-state index is 0.266. The Balaban J connectivity index is 2.10. The summed E-state index contributed by atoms with van der Waals surface area (Å²) >= 11 is 0. The molecule has 2 aromatic rings. The van der Waals surface area contributed by atoms with Crippen LogP contribution in [0.4, 0.5) is 5.82 Å². The molecule has 1 saturated heterocycles. The average Bonchev–Trinajstić information content (AvgIpc) is 3.09. The number of nitrogens with zero attached hydrogens (tertiary/aromatic N) is 3. The largest absolute Gasteiger partial charge is 0.467 e. The molecule has 1 aliphatic heterocycles. The lowest BCUT2D eigenvalue weighted by Crippen LogP contribution is -2.37. The van der Waals surface area contributed by atoms with Gasteiger partial charge in [0.25, 0.3) is 0 Å². The number of hydrogen-bond acceptors (Lipinski definition) is 5. The van der Waals surface area contributed by atoms with Crippen molar-refractivity contribution in [2.45, 2.75) is 18.9 Å². The molecule has 0 amide bonds. The van der Waals surface area contributed by atoms with Gasteiger partial charge in [0.2, 0.25) is 0 Å². The third-order valence-electron chi connectivity index (χ3n) is 3.66. The Hall–Kier alpha value is -2.55. The zero-order valence-corrected chi connectivity index (χ0v) is 11.1. The molecule has 0 aromatic carbocycles. The number of nitriles is 1. The van der Waals surface area contributed by atoms with Crippen LogP contribution < -0.4 is 4.90 Å². The van der Waals surface area contributed by atoms with E-state index in [-0.39, 0.29) is 12.0 Å². The monoisotopic (exact) mass is 270 g/mol. The third-order valence-corrected chi connectivity index (χ3v) is 3.66. The Morgan fingerprint density at radius 3 is 3.25 bits per heavy atom. The van der Waals surface area contributed by atoms with Gasteiger partial charge in [0.1, 0.15) is 29.0 Å². The summed E-state index contributed by atoms with van der Waals surface area (Å²) in [5, 5.41) is 9.39. The van der Waals surface area contributed by atoms with Crippen LogP contribution in [0.1, 0.15) is 18.4 Å². The predicted molar refractivity (Wildman–Crippen MR) is 73.2 cm³/mol. The summed E-state index contributed by atoms with van der Waals surface area (Å²) in [5.41, 5.74) is 1.92. The molecule has 0 radical (unpaired) electrons. The maximum absolute atomic E-state index is 11.8. The summed E-state index contributed by atoms with van der Waals surface area (Å²) in [6.45, 7) is 0.723. The normalized spacial score (nSPS) is 18.2. The molecule has 3 rings (SSSR count). The van der Waals surface area contributed by atoms with E-state index in [1.165, 1.54) is 7.11 Å². The van der Waals surface area contributed by atoms with E-state index in [9.17, 15) is 10.1 Å². The fourth-order valence-corrected chi connectivity index (χ4v) is 2.74. The second-order valence-corrected chi connectivity index (χ2v) is 4.73. The van der Waals surface area contributed by atoms with Crippen LogP contribution in [0.25, 0.3) is 11.0 Å². The van der Waals surface area contributed by atoms with Gasteiger partial charge in [-0.3, -0.25) is 4.98 Å². The number of aromatic nitrogens is 2. The van der Waals surface area contributed by atoms with E-state index >= 15 is 0 Å². The van der Waals surface area contributed by atoms with E-state index in [0.717, 1.165) is 24.9 Å². The highest BCUT2D eigenvalue weighted by Crippen LogP contribution is 2.32. The number of aromatic amines is 1. The number of carbonyl (C=O) groups excluding carboxylic acids is 1. The number of hydrogen-bond donors (Lipinski definition) is 1. The lowest BCUT2D eigenvalue weighted by atomic mass is 10.2. The van der Waals surface area contributed by atoms with Gasteiger partial charge in [0.15, 0.2) is 0 Å². The number of rotatable bonds is 2. The summed E-state index contributed by atoms with van der Waals surface area (Å²) in [6, 6.07) is 5.53. The maximum Gasteiger partial charge on any atom is 0.328 e. The Kier molecular flexibility index (Phi) is 3.03. The standard InChI is InChI=1S/C14H14N4O2/c1-20-14(19)11-5-3-7-18(11)13-9(8-15)12-10(17-13)4-2-6-16-12/h2,4,6,11,17H,3,5,7H2,1H3/t11-/m1/s1. The fourth-order valence-electron chi connectivity index (χ4n) is 2.74. The zero-order chi connectivity index (χ0) is 14.1. The molecule has 6 nitrogen and oxygen atoms in total. The first-order chi connectivity index (χ1) is 9.76. The number of methoxy groups -OCH3 is 1. The SMILES string of the molecule is COC(=O)[C@H]1CCCN1c1[nH]c2cccnc2c1C#N. The third kappa shape index (κ3) is 1.79. The van der Waals surface area contributed by atoms with Crippen LogP contribution in [0, 0.1) is 11.3 Å². The molecular formula is C14H14N4O2. The van der Waals surface area contributed by atoms with Crippen molar-refractivity contribution in [3.63, 3.8) is 0 Å². The van der Waals surface area contributed by atoms with Crippen LogP contribution in [-0.4, -0.2) is 35.6 Å². The van der Waals surface area contributed by atoms with Gasteiger partial charge < -0.3 is 14.6 Å². The van der Waals surface area contributed by atoms with Crippen molar-refractivity contribution in [2.75, 3.05) is 18.6 Å². The first-order valence-electron chi connectivity index (χ1n) is 6.47. The topological polar surface area (TPSA) is 82.0 Å². The second kappa shape index (κ2) is 4.85. The van der Waals surface area contributed by atoms with Gasteiger partial charge in [-0.1, -0.05) is 0 Å².